The first-order valence-corrected chi connectivity index (χ1v) is 6.61. The molecule has 0 unspecified atom stereocenters. The summed E-state index contributed by atoms with van der Waals surface area (Å²) in [6.45, 7) is 1.48. The first-order chi connectivity index (χ1) is 8.56. The second-order valence-electron chi connectivity index (χ2n) is 4.06. The van der Waals surface area contributed by atoms with Crippen LogP contribution in [0.15, 0.2) is 17.5 Å². The summed E-state index contributed by atoms with van der Waals surface area (Å²) in [6, 6.07) is 3.59. The molecule has 108 valence electrons. The topological polar surface area (TPSA) is 52.7 Å². The molecule has 1 N–H and O–H groups in total. The van der Waals surface area contributed by atoms with Gasteiger partial charge in [0.05, 0.1) is 11.4 Å². The summed E-state index contributed by atoms with van der Waals surface area (Å²) in [4.78, 5) is 27.5. The third kappa shape index (κ3) is 5.59. The van der Waals surface area contributed by atoms with Gasteiger partial charge in [0.15, 0.2) is 0 Å². The van der Waals surface area contributed by atoms with Crippen molar-refractivity contribution < 1.29 is 9.59 Å². The lowest BCUT2D eigenvalue weighted by Crippen LogP contribution is -2.41. The van der Waals surface area contributed by atoms with Gasteiger partial charge in [-0.3, -0.25) is 9.59 Å². The van der Waals surface area contributed by atoms with Crippen molar-refractivity contribution in [2.24, 2.45) is 0 Å². The zero-order chi connectivity index (χ0) is 13.5. The van der Waals surface area contributed by atoms with Gasteiger partial charge >= 0.3 is 0 Å². The summed E-state index contributed by atoms with van der Waals surface area (Å²) in [5, 5.41) is 4.83. The van der Waals surface area contributed by atoms with Gasteiger partial charge in [0, 0.05) is 27.2 Å². The molecular weight excluding hydrogens is 286 g/mol. The SMILES string of the molecule is CNCCN(C)C(=O)CN(C)C(=O)c1cccs1.Cl. The summed E-state index contributed by atoms with van der Waals surface area (Å²) in [5.41, 5.74) is 0. The first-order valence-electron chi connectivity index (χ1n) is 5.73. The van der Waals surface area contributed by atoms with Gasteiger partial charge in [0.1, 0.15) is 0 Å². The lowest BCUT2D eigenvalue weighted by molar-refractivity contribution is -0.130. The fraction of sp³-hybridized carbons (Fsp3) is 0.500. The van der Waals surface area contributed by atoms with Gasteiger partial charge < -0.3 is 15.1 Å². The van der Waals surface area contributed by atoms with Crippen LogP contribution >= 0.6 is 23.7 Å². The zero-order valence-corrected chi connectivity index (χ0v) is 13.0. The van der Waals surface area contributed by atoms with Crippen LogP contribution in [0, 0.1) is 0 Å². The van der Waals surface area contributed by atoms with Crippen LogP contribution in [0.2, 0.25) is 0 Å². The fourth-order valence-corrected chi connectivity index (χ4v) is 2.11. The lowest BCUT2D eigenvalue weighted by Gasteiger charge is -2.21. The van der Waals surface area contributed by atoms with E-state index in [0.717, 1.165) is 6.54 Å². The van der Waals surface area contributed by atoms with Crippen molar-refractivity contribution >= 4 is 35.6 Å². The number of likely N-dealkylation sites (N-methyl/N-ethyl adjacent to an activating group) is 3. The fourth-order valence-electron chi connectivity index (χ4n) is 1.39. The monoisotopic (exact) mass is 305 g/mol. The molecule has 1 aromatic rings. The van der Waals surface area contributed by atoms with E-state index in [-0.39, 0.29) is 30.8 Å². The Morgan fingerprint density at radius 3 is 2.53 bits per heavy atom. The number of hydrogen-bond donors (Lipinski definition) is 1. The normalized spacial score (nSPS) is 9.63. The second kappa shape index (κ2) is 8.90. The van der Waals surface area contributed by atoms with Crippen LogP contribution in [-0.4, -0.2) is 62.4 Å². The Bertz CT molecular complexity index is 398. The lowest BCUT2D eigenvalue weighted by atomic mass is 10.4. The van der Waals surface area contributed by atoms with Crippen LogP contribution < -0.4 is 5.32 Å². The molecule has 0 bridgehead atoms. The van der Waals surface area contributed by atoms with E-state index in [2.05, 4.69) is 5.32 Å². The van der Waals surface area contributed by atoms with Crippen molar-refractivity contribution in [1.82, 2.24) is 15.1 Å². The molecule has 0 aliphatic heterocycles. The van der Waals surface area contributed by atoms with Crippen molar-refractivity contribution in [2.75, 3.05) is 40.8 Å². The number of thiophene rings is 1. The summed E-state index contributed by atoms with van der Waals surface area (Å²) < 4.78 is 0. The predicted molar refractivity (Wildman–Crippen MR) is 80.1 cm³/mol. The van der Waals surface area contributed by atoms with Gasteiger partial charge in [-0.1, -0.05) is 6.07 Å². The highest BCUT2D eigenvalue weighted by Gasteiger charge is 2.17. The van der Waals surface area contributed by atoms with E-state index in [9.17, 15) is 9.59 Å². The van der Waals surface area contributed by atoms with Crippen LogP contribution in [0.5, 0.6) is 0 Å². The van der Waals surface area contributed by atoms with Gasteiger partial charge in [-0.15, -0.1) is 23.7 Å². The molecule has 0 atom stereocenters. The molecule has 1 rings (SSSR count). The summed E-state index contributed by atoms with van der Waals surface area (Å²) in [7, 11) is 5.22. The second-order valence-corrected chi connectivity index (χ2v) is 5.01. The van der Waals surface area contributed by atoms with Gasteiger partial charge in [0.25, 0.3) is 5.91 Å². The molecule has 0 spiro atoms. The Hall–Kier alpha value is -1.11. The van der Waals surface area contributed by atoms with Crippen LogP contribution in [0.1, 0.15) is 9.67 Å². The van der Waals surface area contributed by atoms with Crippen molar-refractivity contribution in [3.63, 3.8) is 0 Å². The van der Waals surface area contributed by atoms with E-state index >= 15 is 0 Å². The van der Waals surface area contributed by atoms with E-state index in [1.54, 1.807) is 25.1 Å². The maximum Gasteiger partial charge on any atom is 0.264 e. The highest BCUT2D eigenvalue weighted by Crippen LogP contribution is 2.10. The molecule has 0 saturated heterocycles. The Kier molecular flexibility index (Phi) is 8.38. The highest BCUT2D eigenvalue weighted by molar-refractivity contribution is 7.12. The Balaban J connectivity index is 0.00000324. The number of carbonyl (C=O) groups is 2. The van der Waals surface area contributed by atoms with Gasteiger partial charge in [-0.05, 0) is 18.5 Å². The van der Waals surface area contributed by atoms with Crippen molar-refractivity contribution in [1.29, 1.82) is 0 Å². The number of nitrogens with one attached hydrogen (secondary N) is 1. The minimum absolute atomic E-state index is 0. The van der Waals surface area contributed by atoms with Gasteiger partial charge in [0.2, 0.25) is 5.91 Å². The molecular formula is C12H20ClN3O2S. The molecule has 0 aliphatic carbocycles. The molecule has 0 saturated carbocycles. The van der Waals surface area contributed by atoms with Crippen LogP contribution in [-0.2, 0) is 4.79 Å². The van der Waals surface area contributed by atoms with E-state index in [0.29, 0.717) is 11.4 Å². The van der Waals surface area contributed by atoms with E-state index in [1.807, 2.05) is 18.5 Å². The quantitative estimate of drug-likeness (QED) is 0.850. The molecule has 1 heterocycles. The number of rotatable bonds is 6. The summed E-state index contributed by atoms with van der Waals surface area (Å²) in [5.74, 6) is -0.168. The first kappa shape index (κ1) is 17.9. The van der Waals surface area contributed by atoms with Gasteiger partial charge in [-0.25, -0.2) is 0 Å². The average Bonchev–Trinajstić information content (AvgIpc) is 2.88. The zero-order valence-electron chi connectivity index (χ0n) is 11.4. The number of carbonyl (C=O) groups excluding carboxylic acids is 2. The number of hydrogen-bond acceptors (Lipinski definition) is 4. The number of halogens is 1. The Morgan fingerprint density at radius 2 is 2.00 bits per heavy atom. The molecule has 19 heavy (non-hydrogen) atoms. The minimum atomic E-state index is -0.111. The largest absolute Gasteiger partial charge is 0.343 e. The van der Waals surface area contributed by atoms with Crippen molar-refractivity contribution in [3.05, 3.63) is 22.4 Å². The predicted octanol–water partition coefficient (Wildman–Crippen LogP) is 0.920. The Morgan fingerprint density at radius 1 is 1.32 bits per heavy atom. The van der Waals surface area contributed by atoms with Crippen molar-refractivity contribution in [2.45, 2.75) is 0 Å². The molecule has 0 aliphatic rings. The smallest absolute Gasteiger partial charge is 0.264 e. The van der Waals surface area contributed by atoms with Crippen LogP contribution in [0.3, 0.4) is 0 Å². The minimum Gasteiger partial charge on any atom is -0.343 e. The van der Waals surface area contributed by atoms with Gasteiger partial charge in [-0.2, -0.15) is 0 Å². The maximum atomic E-state index is 11.9. The molecule has 1 aromatic heterocycles. The Labute approximate surface area is 124 Å². The molecule has 0 aromatic carbocycles. The molecule has 7 heteroatoms. The average molecular weight is 306 g/mol. The van der Waals surface area contributed by atoms with E-state index in [1.165, 1.54) is 16.2 Å². The molecule has 0 fully saturated rings. The third-order valence-corrected chi connectivity index (χ3v) is 3.43. The number of amides is 2. The molecule has 5 nitrogen and oxygen atoms in total. The number of nitrogens with zero attached hydrogens (tertiary/aromatic N) is 2. The summed E-state index contributed by atoms with van der Waals surface area (Å²) in [6.07, 6.45) is 0. The van der Waals surface area contributed by atoms with Crippen molar-refractivity contribution in [3.8, 4) is 0 Å². The summed E-state index contributed by atoms with van der Waals surface area (Å²) >= 11 is 1.38. The molecule has 0 radical (unpaired) electrons. The van der Waals surface area contributed by atoms with E-state index in [4.69, 9.17) is 0 Å². The van der Waals surface area contributed by atoms with Crippen LogP contribution in [0.4, 0.5) is 0 Å². The maximum absolute atomic E-state index is 11.9. The highest BCUT2D eigenvalue weighted by atomic mass is 35.5. The third-order valence-electron chi connectivity index (χ3n) is 2.57. The van der Waals surface area contributed by atoms with E-state index < -0.39 is 0 Å². The molecule has 2 amide bonds. The van der Waals surface area contributed by atoms with Crippen LogP contribution in [0.25, 0.3) is 0 Å². The standard InChI is InChI=1S/C12H19N3O2S.ClH/c1-13-6-7-14(2)11(16)9-15(3)12(17)10-5-4-8-18-10;/h4-5,8,13H,6-7,9H2,1-3H3;1H.